The normalized spacial score (nSPS) is 12.0. The molecule has 0 heterocycles. The third-order valence-electron chi connectivity index (χ3n) is 1.41. The first-order chi connectivity index (χ1) is 4.77. The van der Waals surface area contributed by atoms with E-state index in [1.165, 1.54) is 25.7 Å². The summed E-state index contributed by atoms with van der Waals surface area (Å²) in [5, 5.41) is 0.650. The van der Waals surface area contributed by atoms with Gasteiger partial charge in [-0.2, -0.15) is 0 Å². The highest BCUT2D eigenvalue weighted by Crippen LogP contribution is 2.04. The monoisotopic (exact) mass is 159 g/mol. The van der Waals surface area contributed by atoms with Crippen molar-refractivity contribution in [3.8, 4) is 0 Å². The second-order valence-corrected chi connectivity index (χ2v) is 2.99. The molecule has 0 amide bonds. The van der Waals surface area contributed by atoms with Crippen LogP contribution in [0.15, 0.2) is 11.1 Å². The summed E-state index contributed by atoms with van der Waals surface area (Å²) in [6.45, 7) is 2.21. The first-order valence-electron chi connectivity index (χ1n) is 3.92. The predicted octanol–water partition coefficient (Wildman–Crippen LogP) is 2.69. The van der Waals surface area contributed by atoms with Gasteiger partial charge >= 0.3 is 0 Å². The number of nitrogens with two attached hydrogens (primary N) is 1. The van der Waals surface area contributed by atoms with Crippen molar-refractivity contribution >= 4 is 12.6 Å². The van der Waals surface area contributed by atoms with Gasteiger partial charge in [-0.1, -0.05) is 32.3 Å². The van der Waals surface area contributed by atoms with Gasteiger partial charge in [0, 0.05) is 0 Å². The topological polar surface area (TPSA) is 26.0 Å². The van der Waals surface area contributed by atoms with Gasteiger partial charge in [0.05, 0.1) is 5.03 Å². The Hall–Kier alpha value is -0.110. The highest BCUT2D eigenvalue weighted by Gasteiger charge is 1.84. The van der Waals surface area contributed by atoms with Crippen LogP contribution in [-0.2, 0) is 0 Å². The van der Waals surface area contributed by atoms with Crippen LogP contribution in [0.1, 0.15) is 39.0 Å². The summed E-state index contributed by atoms with van der Waals surface area (Å²) in [6.07, 6.45) is 8.23. The highest BCUT2D eigenvalue weighted by atomic mass is 32.1. The van der Waals surface area contributed by atoms with Gasteiger partial charge in [0.1, 0.15) is 0 Å². The Kier molecular flexibility index (Phi) is 6.93. The summed E-state index contributed by atoms with van der Waals surface area (Å²) in [4.78, 5) is 0. The summed E-state index contributed by atoms with van der Waals surface area (Å²) >= 11 is 3.96. The Morgan fingerprint density at radius 1 is 1.40 bits per heavy atom. The number of rotatable bonds is 5. The molecular weight excluding hydrogens is 142 g/mol. The van der Waals surface area contributed by atoms with Crippen molar-refractivity contribution in [3.05, 3.63) is 11.1 Å². The molecule has 0 aromatic carbocycles. The minimum absolute atomic E-state index is 0.650. The van der Waals surface area contributed by atoms with Gasteiger partial charge in [-0.05, 0) is 12.8 Å². The van der Waals surface area contributed by atoms with E-state index in [1.54, 1.807) is 0 Å². The number of unbranched alkanes of at least 4 members (excludes halogenated alkanes) is 4. The molecule has 10 heavy (non-hydrogen) atoms. The van der Waals surface area contributed by atoms with Gasteiger partial charge in [-0.25, -0.2) is 0 Å². The quantitative estimate of drug-likeness (QED) is 0.468. The molecule has 60 valence electrons. The second-order valence-electron chi connectivity index (χ2n) is 2.48. The van der Waals surface area contributed by atoms with E-state index in [4.69, 9.17) is 5.73 Å². The molecule has 0 radical (unpaired) electrons. The van der Waals surface area contributed by atoms with Crippen LogP contribution in [0.4, 0.5) is 0 Å². The van der Waals surface area contributed by atoms with Crippen molar-refractivity contribution in [2.24, 2.45) is 5.73 Å². The lowest BCUT2D eigenvalue weighted by Crippen LogP contribution is -1.86. The Bertz CT molecular complexity index is 95.4. The van der Waals surface area contributed by atoms with Gasteiger partial charge in [0.2, 0.25) is 0 Å². The molecule has 0 spiro atoms. The van der Waals surface area contributed by atoms with Gasteiger partial charge in [0.15, 0.2) is 0 Å². The molecule has 0 bridgehead atoms. The molecule has 0 aliphatic carbocycles. The number of hydrogen-bond donors (Lipinski definition) is 2. The molecule has 0 unspecified atom stereocenters. The zero-order chi connectivity index (χ0) is 7.82. The van der Waals surface area contributed by atoms with E-state index in [0.29, 0.717) is 5.03 Å². The van der Waals surface area contributed by atoms with Crippen LogP contribution in [-0.4, -0.2) is 0 Å². The first-order valence-corrected chi connectivity index (χ1v) is 4.36. The predicted molar refractivity (Wildman–Crippen MR) is 50.0 cm³/mol. The molecule has 0 saturated heterocycles. The first kappa shape index (κ1) is 9.89. The molecular formula is C8H17NS. The average molecular weight is 159 g/mol. The summed E-state index contributed by atoms with van der Waals surface area (Å²) in [7, 11) is 0. The maximum atomic E-state index is 5.33. The molecule has 0 rings (SSSR count). The fourth-order valence-electron chi connectivity index (χ4n) is 0.821. The minimum Gasteiger partial charge on any atom is -0.394 e. The van der Waals surface area contributed by atoms with Crippen molar-refractivity contribution in [2.45, 2.75) is 39.0 Å². The van der Waals surface area contributed by atoms with Crippen molar-refractivity contribution in [1.82, 2.24) is 0 Å². The molecule has 2 N–H and O–H groups in total. The van der Waals surface area contributed by atoms with E-state index in [9.17, 15) is 0 Å². The van der Waals surface area contributed by atoms with Crippen LogP contribution in [0, 0.1) is 0 Å². The zero-order valence-electron chi connectivity index (χ0n) is 6.64. The van der Waals surface area contributed by atoms with Crippen LogP contribution in [0.2, 0.25) is 0 Å². The fourth-order valence-corrected chi connectivity index (χ4v) is 0.950. The summed E-state index contributed by atoms with van der Waals surface area (Å²) in [6, 6.07) is 0. The van der Waals surface area contributed by atoms with Gasteiger partial charge in [-0.15, -0.1) is 12.6 Å². The van der Waals surface area contributed by atoms with E-state index >= 15 is 0 Å². The maximum Gasteiger partial charge on any atom is 0.0583 e. The lowest BCUT2D eigenvalue weighted by Gasteiger charge is -1.94. The third kappa shape index (κ3) is 7.89. The molecule has 2 heteroatoms. The van der Waals surface area contributed by atoms with Crippen molar-refractivity contribution in [2.75, 3.05) is 0 Å². The molecule has 0 aliphatic rings. The van der Waals surface area contributed by atoms with Crippen molar-refractivity contribution in [1.29, 1.82) is 0 Å². The zero-order valence-corrected chi connectivity index (χ0v) is 7.53. The molecule has 0 saturated carbocycles. The summed E-state index contributed by atoms with van der Waals surface area (Å²) < 4.78 is 0. The largest absolute Gasteiger partial charge is 0.394 e. The van der Waals surface area contributed by atoms with Crippen molar-refractivity contribution in [3.63, 3.8) is 0 Å². The van der Waals surface area contributed by atoms with Crippen LogP contribution in [0.5, 0.6) is 0 Å². The van der Waals surface area contributed by atoms with E-state index in [-0.39, 0.29) is 0 Å². The third-order valence-corrected chi connectivity index (χ3v) is 1.59. The van der Waals surface area contributed by atoms with Crippen molar-refractivity contribution < 1.29 is 0 Å². The van der Waals surface area contributed by atoms with Crippen LogP contribution in [0.3, 0.4) is 0 Å². The summed E-state index contributed by atoms with van der Waals surface area (Å²) in [5.41, 5.74) is 5.33. The minimum atomic E-state index is 0.650. The Balaban J connectivity index is 2.98. The number of thiol groups is 1. The van der Waals surface area contributed by atoms with E-state index in [1.807, 2.05) is 6.08 Å². The molecule has 1 nitrogen and oxygen atoms in total. The van der Waals surface area contributed by atoms with Gasteiger partial charge < -0.3 is 5.73 Å². The van der Waals surface area contributed by atoms with Crippen LogP contribution in [0.25, 0.3) is 0 Å². The van der Waals surface area contributed by atoms with E-state index in [2.05, 4.69) is 19.6 Å². The number of allylic oxidation sites excluding steroid dienone is 1. The van der Waals surface area contributed by atoms with Crippen LogP contribution < -0.4 is 5.73 Å². The second kappa shape index (κ2) is 7.00. The summed E-state index contributed by atoms with van der Waals surface area (Å²) in [5.74, 6) is 0. The Labute approximate surface area is 69.1 Å². The molecule has 0 aromatic heterocycles. The lowest BCUT2D eigenvalue weighted by molar-refractivity contribution is 0.674. The molecule has 0 atom stereocenters. The lowest BCUT2D eigenvalue weighted by atomic mass is 10.1. The van der Waals surface area contributed by atoms with E-state index < -0.39 is 0 Å². The van der Waals surface area contributed by atoms with Crippen LogP contribution >= 0.6 is 12.6 Å². The average Bonchev–Trinajstić information content (AvgIpc) is 1.87. The molecule has 0 fully saturated rings. The Morgan fingerprint density at radius 2 is 2.10 bits per heavy atom. The smallest absolute Gasteiger partial charge is 0.0583 e. The number of hydrogen-bond acceptors (Lipinski definition) is 2. The standard InChI is InChI=1S/C8H17NS/c1-2-3-4-5-6-7-8(9)10/h7,10H,2-6,9H2,1H3/b8-7+. The molecule has 0 aliphatic heterocycles. The highest BCUT2D eigenvalue weighted by molar-refractivity contribution is 7.84. The fraction of sp³-hybridized carbons (Fsp3) is 0.750. The van der Waals surface area contributed by atoms with Gasteiger partial charge in [-0.3, -0.25) is 0 Å². The Morgan fingerprint density at radius 3 is 2.60 bits per heavy atom. The van der Waals surface area contributed by atoms with E-state index in [0.717, 1.165) is 6.42 Å². The molecule has 0 aromatic rings. The SMILES string of the molecule is CCCCCC/C=C(\N)S. The maximum absolute atomic E-state index is 5.33. The van der Waals surface area contributed by atoms with Gasteiger partial charge in [0.25, 0.3) is 0 Å².